The van der Waals surface area contributed by atoms with E-state index in [1.165, 1.54) is 6.07 Å². The minimum absolute atomic E-state index is 0.129. The Morgan fingerprint density at radius 1 is 1.15 bits per heavy atom. The number of benzene rings is 2. The maximum absolute atomic E-state index is 13.7. The van der Waals surface area contributed by atoms with Crippen molar-refractivity contribution in [2.24, 2.45) is 5.92 Å². The van der Waals surface area contributed by atoms with Crippen LogP contribution in [0.4, 0.5) is 4.39 Å². The first-order chi connectivity index (χ1) is 12.5. The predicted molar refractivity (Wildman–Crippen MR) is 105 cm³/mol. The average Bonchev–Trinajstić information content (AvgIpc) is 2.59. The van der Waals surface area contributed by atoms with Crippen LogP contribution in [0.5, 0.6) is 0 Å². The number of aliphatic hydroxyl groups is 1. The lowest BCUT2D eigenvalue weighted by molar-refractivity contribution is -0.0123. The molecule has 2 aromatic rings. The molecule has 0 heterocycles. The summed E-state index contributed by atoms with van der Waals surface area (Å²) in [6.45, 7) is 0.817. The normalized spacial score (nSPS) is 25.0. The summed E-state index contributed by atoms with van der Waals surface area (Å²) >= 11 is 0. The summed E-state index contributed by atoms with van der Waals surface area (Å²) in [5.74, 6) is -0.121. The van der Waals surface area contributed by atoms with E-state index in [9.17, 15) is 9.50 Å². The Bertz CT molecular complexity index is 756. The predicted octanol–water partition coefficient (Wildman–Crippen LogP) is 4.54. The van der Waals surface area contributed by atoms with Gasteiger partial charge in [-0.2, -0.15) is 0 Å². The Hall–Kier alpha value is -1.97. The van der Waals surface area contributed by atoms with Crippen molar-refractivity contribution in [3.05, 3.63) is 77.1 Å². The fourth-order valence-corrected chi connectivity index (χ4v) is 4.10. The molecular formula is C23H28FNO. The number of hydrogen-bond acceptors (Lipinski definition) is 2. The van der Waals surface area contributed by atoms with Gasteiger partial charge in [0.15, 0.2) is 0 Å². The highest BCUT2D eigenvalue weighted by molar-refractivity contribution is 5.56. The molecule has 0 amide bonds. The van der Waals surface area contributed by atoms with Gasteiger partial charge in [-0.3, -0.25) is 0 Å². The topological polar surface area (TPSA) is 23.5 Å². The monoisotopic (exact) mass is 353 g/mol. The fourth-order valence-electron chi connectivity index (χ4n) is 4.10. The zero-order valence-corrected chi connectivity index (χ0v) is 15.7. The summed E-state index contributed by atoms with van der Waals surface area (Å²) in [4.78, 5) is 2.13. The molecule has 138 valence electrons. The minimum atomic E-state index is -0.952. The third-order valence-corrected chi connectivity index (χ3v) is 5.32. The van der Waals surface area contributed by atoms with Crippen LogP contribution in [0, 0.1) is 11.7 Å². The lowest BCUT2D eigenvalue weighted by Crippen LogP contribution is -2.48. The van der Waals surface area contributed by atoms with Gasteiger partial charge in [-0.25, -0.2) is 4.39 Å². The van der Waals surface area contributed by atoms with Crippen LogP contribution in [-0.2, 0) is 6.42 Å². The maximum atomic E-state index is 13.7. The van der Waals surface area contributed by atoms with Crippen molar-refractivity contribution in [1.29, 1.82) is 0 Å². The third kappa shape index (κ3) is 4.40. The van der Waals surface area contributed by atoms with Crippen molar-refractivity contribution in [2.75, 3.05) is 20.6 Å². The molecule has 1 saturated carbocycles. The molecule has 0 spiro atoms. The lowest BCUT2D eigenvalue weighted by Gasteiger charge is -2.43. The van der Waals surface area contributed by atoms with Gasteiger partial charge in [0.1, 0.15) is 5.82 Å². The molecule has 1 N–H and O–H groups in total. The van der Waals surface area contributed by atoms with E-state index in [0.717, 1.165) is 42.5 Å². The zero-order valence-electron chi connectivity index (χ0n) is 15.7. The second-order valence-corrected chi connectivity index (χ2v) is 7.66. The second-order valence-electron chi connectivity index (χ2n) is 7.66. The summed E-state index contributed by atoms with van der Waals surface area (Å²) in [5.41, 5.74) is 2.06. The van der Waals surface area contributed by atoms with Gasteiger partial charge in [0.2, 0.25) is 0 Å². The highest BCUT2D eigenvalue weighted by atomic mass is 19.1. The summed E-state index contributed by atoms with van der Waals surface area (Å²) in [6, 6.07) is 16.8. The molecule has 3 rings (SSSR count). The SMILES string of the molecule is CN(C)CC1CCC/C(=C\c2ccccc2)C1(O)Cc1cccc(F)c1. The van der Waals surface area contributed by atoms with Gasteiger partial charge in [0.05, 0.1) is 5.60 Å². The molecule has 1 aliphatic carbocycles. The number of halogens is 1. The van der Waals surface area contributed by atoms with Gasteiger partial charge in [0, 0.05) is 18.9 Å². The van der Waals surface area contributed by atoms with Gasteiger partial charge in [-0.15, -0.1) is 0 Å². The standard InChI is InChI=1S/C23H28FNO/c1-25(2)17-21-12-7-11-20(14-18-8-4-3-5-9-18)23(21,26)16-19-10-6-13-22(24)15-19/h3-6,8-10,13-15,21,26H,7,11-12,16-17H2,1-2H3/b20-14+. The molecule has 2 nitrogen and oxygen atoms in total. The smallest absolute Gasteiger partial charge is 0.123 e. The van der Waals surface area contributed by atoms with E-state index in [0.29, 0.717) is 6.42 Å². The van der Waals surface area contributed by atoms with E-state index in [1.54, 1.807) is 12.1 Å². The molecule has 2 unspecified atom stereocenters. The van der Waals surface area contributed by atoms with Crippen LogP contribution >= 0.6 is 0 Å². The first kappa shape index (κ1) is 18.8. The Labute approximate surface area is 156 Å². The lowest BCUT2D eigenvalue weighted by atomic mass is 9.68. The van der Waals surface area contributed by atoms with E-state index < -0.39 is 5.60 Å². The van der Waals surface area contributed by atoms with Gasteiger partial charge in [-0.1, -0.05) is 48.5 Å². The fraction of sp³-hybridized carbons (Fsp3) is 0.391. The average molecular weight is 353 g/mol. The zero-order chi connectivity index (χ0) is 18.6. The number of hydrogen-bond donors (Lipinski definition) is 1. The molecule has 0 aliphatic heterocycles. The van der Waals surface area contributed by atoms with Gasteiger partial charge >= 0.3 is 0 Å². The van der Waals surface area contributed by atoms with Crippen LogP contribution < -0.4 is 0 Å². The third-order valence-electron chi connectivity index (χ3n) is 5.32. The summed E-state index contributed by atoms with van der Waals surface area (Å²) in [7, 11) is 4.08. The molecule has 26 heavy (non-hydrogen) atoms. The van der Waals surface area contributed by atoms with Crippen LogP contribution in [0.25, 0.3) is 6.08 Å². The van der Waals surface area contributed by atoms with Crippen molar-refractivity contribution in [2.45, 2.75) is 31.3 Å². The molecule has 0 saturated heterocycles. The van der Waals surface area contributed by atoms with E-state index in [1.807, 2.05) is 38.4 Å². The van der Waals surface area contributed by atoms with Crippen LogP contribution in [0.2, 0.25) is 0 Å². The minimum Gasteiger partial charge on any atom is -0.385 e. The Balaban J connectivity index is 1.99. The van der Waals surface area contributed by atoms with Gasteiger partial charge in [-0.05, 0) is 62.2 Å². The quantitative estimate of drug-likeness (QED) is 0.853. The van der Waals surface area contributed by atoms with Crippen LogP contribution in [-0.4, -0.2) is 36.2 Å². The van der Waals surface area contributed by atoms with Gasteiger partial charge < -0.3 is 10.0 Å². The summed E-state index contributed by atoms with van der Waals surface area (Å²) in [5, 5.41) is 11.8. The van der Waals surface area contributed by atoms with E-state index in [2.05, 4.69) is 23.1 Å². The van der Waals surface area contributed by atoms with Crippen molar-refractivity contribution in [1.82, 2.24) is 4.90 Å². The first-order valence-electron chi connectivity index (χ1n) is 9.35. The first-order valence-corrected chi connectivity index (χ1v) is 9.35. The molecule has 3 heteroatoms. The highest BCUT2D eigenvalue weighted by Gasteiger charge is 2.42. The van der Waals surface area contributed by atoms with Gasteiger partial charge in [0.25, 0.3) is 0 Å². The molecule has 0 bridgehead atoms. The number of nitrogens with zero attached hydrogens (tertiary/aromatic N) is 1. The highest BCUT2D eigenvalue weighted by Crippen LogP contribution is 2.41. The molecule has 0 aromatic heterocycles. The van der Waals surface area contributed by atoms with Crippen molar-refractivity contribution in [3.8, 4) is 0 Å². The second kappa shape index (κ2) is 8.15. The molecule has 0 radical (unpaired) electrons. The van der Waals surface area contributed by atoms with E-state index >= 15 is 0 Å². The Kier molecular flexibility index (Phi) is 5.90. The largest absolute Gasteiger partial charge is 0.385 e. The van der Waals surface area contributed by atoms with E-state index in [-0.39, 0.29) is 11.7 Å². The molecule has 1 fully saturated rings. The van der Waals surface area contributed by atoms with Crippen LogP contribution in [0.15, 0.2) is 60.2 Å². The summed E-state index contributed by atoms with van der Waals surface area (Å²) < 4.78 is 13.7. The number of rotatable bonds is 5. The van der Waals surface area contributed by atoms with Crippen molar-refractivity contribution >= 4 is 6.08 Å². The maximum Gasteiger partial charge on any atom is 0.123 e. The van der Waals surface area contributed by atoms with Crippen LogP contribution in [0.1, 0.15) is 30.4 Å². The molecule has 2 atom stereocenters. The molecule has 1 aliphatic rings. The Morgan fingerprint density at radius 2 is 1.92 bits per heavy atom. The molecule has 2 aromatic carbocycles. The molecular weight excluding hydrogens is 325 g/mol. The van der Waals surface area contributed by atoms with Crippen molar-refractivity contribution in [3.63, 3.8) is 0 Å². The van der Waals surface area contributed by atoms with Crippen molar-refractivity contribution < 1.29 is 9.50 Å². The Morgan fingerprint density at radius 3 is 2.62 bits per heavy atom. The van der Waals surface area contributed by atoms with Crippen LogP contribution in [0.3, 0.4) is 0 Å². The van der Waals surface area contributed by atoms with E-state index in [4.69, 9.17) is 0 Å². The summed E-state index contributed by atoms with van der Waals surface area (Å²) in [6.07, 6.45) is 5.51.